The van der Waals surface area contributed by atoms with Crippen LogP contribution in [0.3, 0.4) is 0 Å². The van der Waals surface area contributed by atoms with Crippen molar-refractivity contribution in [1.82, 2.24) is 24.7 Å². The van der Waals surface area contributed by atoms with Crippen molar-refractivity contribution >= 4 is 10.0 Å². The van der Waals surface area contributed by atoms with E-state index in [1.807, 2.05) is 13.0 Å². The second-order valence-electron chi connectivity index (χ2n) is 4.36. The fraction of sp³-hybridized carbons (Fsp3) is 0.417. The molecule has 0 unspecified atom stereocenters. The van der Waals surface area contributed by atoms with Crippen LogP contribution in [-0.4, -0.2) is 34.1 Å². The third-order valence-electron chi connectivity index (χ3n) is 2.69. The van der Waals surface area contributed by atoms with E-state index in [0.717, 1.165) is 12.1 Å². The highest BCUT2D eigenvalue weighted by Crippen LogP contribution is 2.04. The largest absolute Gasteiger partial charge is 0.262 e. The van der Waals surface area contributed by atoms with E-state index >= 15 is 0 Å². The van der Waals surface area contributed by atoms with Gasteiger partial charge in [-0.3, -0.25) is 4.98 Å². The average molecular weight is 295 g/mol. The first-order valence-electron chi connectivity index (χ1n) is 6.39. The molecule has 0 saturated heterocycles. The summed E-state index contributed by atoms with van der Waals surface area (Å²) < 4.78 is 27.4. The minimum absolute atomic E-state index is 0.139. The van der Waals surface area contributed by atoms with Crippen LogP contribution in [-0.2, 0) is 16.6 Å². The molecule has 0 aliphatic heterocycles. The van der Waals surface area contributed by atoms with Gasteiger partial charge in [0.15, 0.2) is 0 Å². The number of hydrogen-bond acceptors (Lipinski definition) is 5. The van der Waals surface area contributed by atoms with Crippen molar-refractivity contribution < 1.29 is 8.42 Å². The van der Waals surface area contributed by atoms with Gasteiger partial charge in [-0.1, -0.05) is 18.6 Å². The molecule has 0 radical (unpaired) electrons. The highest BCUT2D eigenvalue weighted by molar-refractivity contribution is 7.89. The summed E-state index contributed by atoms with van der Waals surface area (Å²) in [5, 5.41) is 7.88. The van der Waals surface area contributed by atoms with Gasteiger partial charge in [0.05, 0.1) is 36.1 Å². The molecule has 20 heavy (non-hydrogen) atoms. The summed E-state index contributed by atoms with van der Waals surface area (Å²) in [4.78, 5) is 3.99. The summed E-state index contributed by atoms with van der Waals surface area (Å²) in [5.41, 5.74) is 1.34. The third kappa shape index (κ3) is 4.10. The molecule has 8 heteroatoms. The minimum atomic E-state index is -3.24. The first-order chi connectivity index (χ1) is 9.61. The predicted octanol–water partition coefficient (Wildman–Crippen LogP) is 0.882. The molecule has 2 aromatic heterocycles. The molecule has 0 spiro atoms. The lowest BCUT2D eigenvalue weighted by molar-refractivity contribution is 0.577. The quantitative estimate of drug-likeness (QED) is 0.819. The van der Waals surface area contributed by atoms with Gasteiger partial charge in [0.2, 0.25) is 10.0 Å². The number of aromatic nitrogens is 4. The van der Waals surface area contributed by atoms with Gasteiger partial charge in [-0.15, -0.1) is 5.10 Å². The molecule has 0 aliphatic carbocycles. The molecule has 2 aromatic rings. The third-order valence-corrected chi connectivity index (χ3v) is 4.10. The Balaban J connectivity index is 1.97. The molecule has 0 aliphatic rings. The highest BCUT2D eigenvalue weighted by atomic mass is 32.2. The molecule has 0 bridgehead atoms. The fourth-order valence-corrected chi connectivity index (χ4v) is 2.77. The first-order valence-corrected chi connectivity index (χ1v) is 8.05. The van der Waals surface area contributed by atoms with E-state index in [4.69, 9.17) is 0 Å². The molecular weight excluding hydrogens is 278 g/mol. The normalized spacial score (nSPS) is 11.7. The molecular formula is C12H17N5O2S. The summed E-state index contributed by atoms with van der Waals surface area (Å²) in [6, 6.07) is 3.64. The number of unbranched alkanes of at least 4 members (excludes halogenated alkanes) is 1. The Labute approximate surface area is 118 Å². The maximum atomic E-state index is 11.7. The van der Waals surface area contributed by atoms with Gasteiger partial charge in [-0.2, -0.15) is 0 Å². The van der Waals surface area contributed by atoms with Crippen LogP contribution < -0.4 is 4.72 Å². The summed E-state index contributed by atoms with van der Waals surface area (Å²) >= 11 is 0. The Hall–Kier alpha value is -1.80. The van der Waals surface area contributed by atoms with Crippen LogP contribution in [0.1, 0.15) is 25.5 Å². The molecule has 1 N–H and O–H groups in total. The average Bonchev–Trinajstić information content (AvgIpc) is 2.93. The van der Waals surface area contributed by atoms with Crippen LogP contribution >= 0.6 is 0 Å². The number of nitrogens with zero attached hydrogens (tertiary/aromatic N) is 4. The van der Waals surface area contributed by atoms with Gasteiger partial charge in [0.1, 0.15) is 0 Å². The van der Waals surface area contributed by atoms with E-state index in [2.05, 4.69) is 20.0 Å². The lowest BCUT2D eigenvalue weighted by Crippen LogP contribution is -2.26. The zero-order chi connectivity index (χ0) is 14.4. The summed E-state index contributed by atoms with van der Waals surface area (Å²) in [5.74, 6) is 0.139. The number of sulfonamides is 1. The Morgan fingerprint density at radius 1 is 1.40 bits per heavy atom. The lowest BCUT2D eigenvalue weighted by Gasteiger charge is -2.03. The van der Waals surface area contributed by atoms with Crippen LogP contribution in [0.25, 0.3) is 5.69 Å². The number of hydrogen-bond donors (Lipinski definition) is 1. The van der Waals surface area contributed by atoms with Crippen LogP contribution in [0.15, 0.2) is 30.7 Å². The number of pyridine rings is 1. The molecule has 0 aromatic carbocycles. The maximum absolute atomic E-state index is 11.7. The van der Waals surface area contributed by atoms with Crippen LogP contribution in [0.5, 0.6) is 0 Å². The second-order valence-corrected chi connectivity index (χ2v) is 6.29. The van der Waals surface area contributed by atoms with Gasteiger partial charge in [0.25, 0.3) is 0 Å². The van der Waals surface area contributed by atoms with Crippen molar-refractivity contribution in [3.05, 3.63) is 36.4 Å². The maximum Gasteiger partial charge on any atom is 0.211 e. The summed E-state index contributed by atoms with van der Waals surface area (Å²) in [6.07, 6.45) is 6.50. The van der Waals surface area contributed by atoms with Crippen molar-refractivity contribution in [1.29, 1.82) is 0 Å². The minimum Gasteiger partial charge on any atom is -0.262 e. The van der Waals surface area contributed by atoms with Crippen LogP contribution in [0.2, 0.25) is 0 Å². The van der Waals surface area contributed by atoms with Crippen molar-refractivity contribution in [3.63, 3.8) is 0 Å². The van der Waals surface area contributed by atoms with E-state index in [9.17, 15) is 8.42 Å². The fourth-order valence-electron chi connectivity index (χ4n) is 1.59. The summed E-state index contributed by atoms with van der Waals surface area (Å²) in [6.45, 7) is 2.10. The number of rotatable bonds is 7. The SMILES string of the molecule is CCCCS(=O)(=O)NCc1cn(-c2cccnc2)nn1. The molecule has 2 rings (SSSR count). The van der Waals surface area contributed by atoms with Crippen molar-refractivity contribution in [2.45, 2.75) is 26.3 Å². The molecule has 0 saturated carbocycles. The first kappa shape index (κ1) is 14.6. The number of nitrogens with one attached hydrogen (secondary N) is 1. The van der Waals surface area contributed by atoms with E-state index in [-0.39, 0.29) is 12.3 Å². The Kier molecular flexibility index (Phi) is 4.80. The Bertz CT molecular complexity index is 639. The molecule has 0 atom stereocenters. The van der Waals surface area contributed by atoms with Crippen LogP contribution in [0, 0.1) is 0 Å². The smallest absolute Gasteiger partial charge is 0.211 e. The van der Waals surface area contributed by atoms with Gasteiger partial charge in [0, 0.05) is 6.20 Å². The van der Waals surface area contributed by atoms with E-state index in [1.54, 1.807) is 29.3 Å². The van der Waals surface area contributed by atoms with E-state index < -0.39 is 10.0 Å². The zero-order valence-corrected chi connectivity index (χ0v) is 12.0. The van der Waals surface area contributed by atoms with Gasteiger partial charge in [-0.05, 0) is 18.6 Å². The van der Waals surface area contributed by atoms with Gasteiger partial charge in [-0.25, -0.2) is 17.8 Å². The van der Waals surface area contributed by atoms with Crippen LogP contribution in [0.4, 0.5) is 0 Å². The highest BCUT2D eigenvalue weighted by Gasteiger charge is 2.10. The standard InChI is InChI=1S/C12H17N5O2S/c1-2-3-7-20(18,19)14-8-11-10-17(16-15-11)12-5-4-6-13-9-12/h4-6,9-10,14H,2-3,7-8H2,1H3. The lowest BCUT2D eigenvalue weighted by atomic mass is 10.4. The molecule has 7 nitrogen and oxygen atoms in total. The van der Waals surface area contributed by atoms with E-state index in [1.165, 1.54) is 0 Å². The molecule has 108 valence electrons. The summed E-state index contributed by atoms with van der Waals surface area (Å²) in [7, 11) is -3.24. The molecule has 0 amide bonds. The van der Waals surface area contributed by atoms with Gasteiger partial charge >= 0.3 is 0 Å². The van der Waals surface area contributed by atoms with Crippen molar-refractivity contribution in [2.24, 2.45) is 0 Å². The predicted molar refractivity (Wildman–Crippen MR) is 74.7 cm³/mol. The Morgan fingerprint density at radius 3 is 2.95 bits per heavy atom. The zero-order valence-electron chi connectivity index (χ0n) is 11.2. The molecule has 0 fully saturated rings. The van der Waals surface area contributed by atoms with Crippen molar-refractivity contribution in [2.75, 3.05) is 5.75 Å². The van der Waals surface area contributed by atoms with Crippen molar-refractivity contribution in [3.8, 4) is 5.69 Å². The monoisotopic (exact) mass is 295 g/mol. The van der Waals surface area contributed by atoms with Gasteiger partial charge < -0.3 is 0 Å². The van der Waals surface area contributed by atoms with E-state index in [0.29, 0.717) is 12.1 Å². The second kappa shape index (κ2) is 6.58. The molecule has 2 heterocycles. The topological polar surface area (TPSA) is 89.8 Å². The Morgan fingerprint density at radius 2 is 2.25 bits per heavy atom.